The number of thioether (sulfide) groups is 1. The van der Waals surface area contributed by atoms with Crippen LogP contribution in [0.1, 0.15) is 0 Å². The molecule has 1 aromatic rings. The number of hydrogen-bond acceptors (Lipinski definition) is 4. The van der Waals surface area contributed by atoms with Gasteiger partial charge >= 0.3 is 0 Å². The highest BCUT2D eigenvalue weighted by Gasteiger charge is 2.03. The quantitative estimate of drug-likeness (QED) is 0.492. The maximum absolute atomic E-state index is 10.3. The number of nitrogens with two attached hydrogens (primary N) is 1. The van der Waals surface area contributed by atoms with E-state index in [0.29, 0.717) is 6.54 Å². The molecular formula is C8H11ClN2O2S. The monoisotopic (exact) mass is 234 g/mol. The minimum Gasteiger partial charge on any atom is -0.330 e. The lowest BCUT2D eigenvalue weighted by molar-refractivity contribution is -0.384. The van der Waals surface area contributed by atoms with Crippen molar-refractivity contribution in [1.82, 2.24) is 0 Å². The molecule has 14 heavy (non-hydrogen) atoms. The Labute approximate surface area is 92.4 Å². The number of nitrogens with zero attached hydrogens (tertiary/aromatic N) is 1. The Kier molecular flexibility index (Phi) is 6.27. The van der Waals surface area contributed by atoms with Gasteiger partial charge in [0.1, 0.15) is 0 Å². The van der Waals surface area contributed by atoms with Crippen LogP contribution in [0.4, 0.5) is 5.69 Å². The summed E-state index contributed by atoms with van der Waals surface area (Å²) in [4.78, 5) is 10.9. The predicted octanol–water partition coefficient (Wildman–Crippen LogP) is 2.07. The summed E-state index contributed by atoms with van der Waals surface area (Å²) in [6, 6.07) is 6.47. The van der Waals surface area contributed by atoms with Gasteiger partial charge in [-0.1, -0.05) is 0 Å². The van der Waals surface area contributed by atoms with Gasteiger partial charge in [-0.25, -0.2) is 0 Å². The first kappa shape index (κ1) is 13.2. The van der Waals surface area contributed by atoms with Gasteiger partial charge in [0.15, 0.2) is 0 Å². The average molecular weight is 235 g/mol. The van der Waals surface area contributed by atoms with Crippen LogP contribution in [0.3, 0.4) is 0 Å². The molecule has 0 unspecified atom stereocenters. The summed E-state index contributed by atoms with van der Waals surface area (Å²) in [5, 5.41) is 10.3. The summed E-state index contributed by atoms with van der Waals surface area (Å²) in [7, 11) is 0. The lowest BCUT2D eigenvalue weighted by Crippen LogP contribution is -2.00. The summed E-state index contributed by atoms with van der Waals surface area (Å²) in [6.07, 6.45) is 0. The van der Waals surface area contributed by atoms with Crippen molar-refractivity contribution >= 4 is 29.9 Å². The summed E-state index contributed by atoms with van der Waals surface area (Å²) < 4.78 is 0. The van der Waals surface area contributed by atoms with Gasteiger partial charge in [-0.15, -0.1) is 24.2 Å². The predicted molar refractivity (Wildman–Crippen MR) is 60.1 cm³/mol. The molecule has 0 aliphatic heterocycles. The van der Waals surface area contributed by atoms with E-state index in [-0.39, 0.29) is 18.1 Å². The molecule has 0 heterocycles. The highest BCUT2D eigenvalue weighted by molar-refractivity contribution is 7.99. The molecule has 0 saturated heterocycles. The Bertz CT molecular complexity index is 292. The van der Waals surface area contributed by atoms with E-state index in [4.69, 9.17) is 5.73 Å². The highest BCUT2D eigenvalue weighted by Crippen LogP contribution is 2.20. The molecule has 0 fully saturated rings. The van der Waals surface area contributed by atoms with Crippen LogP contribution in [-0.2, 0) is 0 Å². The van der Waals surface area contributed by atoms with Gasteiger partial charge in [0, 0.05) is 29.3 Å². The van der Waals surface area contributed by atoms with E-state index in [0.717, 1.165) is 10.6 Å². The van der Waals surface area contributed by atoms with E-state index in [9.17, 15) is 10.1 Å². The molecule has 1 aromatic carbocycles. The average Bonchev–Trinajstić information content (AvgIpc) is 2.15. The summed E-state index contributed by atoms with van der Waals surface area (Å²) >= 11 is 1.59. The third-order valence-corrected chi connectivity index (χ3v) is 2.48. The Hall–Kier alpha value is -0.780. The second-order valence-electron chi connectivity index (χ2n) is 2.39. The molecule has 0 aromatic heterocycles. The van der Waals surface area contributed by atoms with Crippen LogP contribution in [0.25, 0.3) is 0 Å². The van der Waals surface area contributed by atoms with Gasteiger partial charge < -0.3 is 5.73 Å². The third kappa shape index (κ3) is 3.95. The summed E-state index contributed by atoms with van der Waals surface area (Å²) in [5.41, 5.74) is 5.45. The molecule has 6 heteroatoms. The molecule has 0 radical (unpaired) electrons. The van der Waals surface area contributed by atoms with Crippen molar-refractivity contribution in [3.8, 4) is 0 Å². The van der Waals surface area contributed by atoms with E-state index < -0.39 is 4.92 Å². The van der Waals surface area contributed by atoms with Gasteiger partial charge in [-0.2, -0.15) is 0 Å². The minimum atomic E-state index is -0.405. The number of rotatable bonds is 4. The van der Waals surface area contributed by atoms with Crippen LogP contribution in [0.5, 0.6) is 0 Å². The normalized spacial score (nSPS) is 9.21. The Morgan fingerprint density at radius 2 is 1.93 bits per heavy atom. The second kappa shape index (κ2) is 6.64. The summed E-state index contributed by atoms with van der Waals surface area (Å²) in [5.74, 6) is 0.831. The molecule has 2 N–H and O–H groups in total. The highest BCUT2D eigenvalue weighted by atomic mass is 35.5. The fourth-order valence-corrected chi connectivity index (χ4v) is 1.52. The van der Waals surface area contributed by atoms with Crippen molar-refractivity contribution in [3.05, 3.63) is 34.4 Å². The Balaban J connectivity index is 0.00000169. The SMILES string of the molecule is Cl.NCCSc1ccc([N+](=O)[O-])cc1. The van der Waals surface area contributed by atoms with E-state index in [1.54, 1.807) is 23.9 Å². The van der Waals surface area contributed by atoms with Crippen LogP contribution >= 0.6 is 24.2 Å². The fraction of sp³-hybridized carbons (Fsp3) is 0.250. The molecule has 4 nitrogen and oxygen atoms in total. The molecule has 0 amide bonds. The van der Waals surface area contributed by atoms with Crippen molar-refractivity contribution < 1.29 is 4.92 Å². The smallest absolute Gasteiger partial charge is 0.269 e. The van der Waals surface area contributed by atoms with Crippen molar-refractivity contribution in [2.45, 2.75) is 4.90 Å². The first-order valence-corrected chi connectivity index (χ1v) is 4.80. The summed E-state index contributed by atoms with van der Waals surface area (Å²) in [6.45, 7) is 0.613. The maximum atomic E-state index is 10.3. The van der Waals surface area contributed by atoms with Crippen molar-refractivity contribution in [1.29, 1.82) is 0 Å². The number of non-ortho nitro benzene ring substituents is 1. The first-order valence-electron chi connectivity index (χ1n) is 3.81. The van der Waals surface area contributed by atoms with E-state index in [1.165, 1.54) is 12.1 Å². The molecule has 0 spiro atoms. The molecule has 1 rings (SSSR count). The second-order valence-corrected chi connectivity index (χ2v) is 3.56. The van der Waals surface area contributed by atoms with E-state index in [2.05, 4.69) is 0 Å². The van der Waals surface area contributed by atoms with Crippen LogP contribution in [-0.4, -0.2) is 17.2 Å². The largest absolute Gasteiger partial charge is 0.330 e. The third-order valence-electron chi connectivity index (χ3n) is 1.43. The molecule has 0 saturated carbocycles. The van der Waals surface area contributed by atoms with Crippen LogP contribution in [0.2, 0.25) is 0 Å². The van der Waals surface area contributed by atoms with Gasteiger partial charge in [-0.3, -0.25) is 10.1 Å². The van der Waals surface area contributed by atoms with Gasteiger partial charge in [0.05, 0.1) is 4.92 Å². The standard InChI is InChI=1S/C8H10N2O2S.ClH/c9-5-6-13-8-3-1-7(2-4-8)10(11)12;/h1-4H,5-6,9H2;1H. The van der Waals surface area contributed by atoms with Crippen LogP contribution in [0, 0.1) is 10.1 Å². The molecule has 0 atom stereocenters. The molecular weight excluding hydrogens is 224 g/mol. The van der Waals surface area contributed by atoms with Crippen LogP contribution in [0.15, 0.2) is 29.2 Å². The Morgan fingerprint density at radius 3 is 2.36 bits per heavy atom. The van der Waals surface area contributed by atoms with E-state index in [1.807, 2.05) is 0 Å². The molecule has 0 aliphatic rings. The van der Waals surface area contributed by atoms with E-state index >= 15 is 0 Å². The fourth-order valence-electron chi connectivity index (χ4n) is 0.841. The lowest BCUT2D eigenvalue weighted by Gasteiger charge is -1.97. The zero-order chi connectivity index (χ0) is 9.68. The zero-order valence-corrected chi connectivity index (χ0v) is 9.01. The van der Waals surface area contributed by atoms with Gasteiger partial charge in [0.2, 0.25) is 0 Å². The number of halogens is 1. The minimum absolute atomic E-state index is 0. The number of nitro benzene ring substituents is 1. The first-order chi connectivity index (χ1) is 6.24. The maximum Gasteiger partial charge on any atom is 0.269 e. The number of hydrogen-bond donors (Lipinski definition) is 1. The molecule has 78 valence electrons. The number of nitro groups is 1. The molecule has 0 aliphatic carbocycles. The number of benzene rings is 1. The van der Waals surface area contributed by atoms with Crippen molar-refractivity contribution in [3.63, 3.8) is 0 Å². The van der Waals surface area contributed by atoms with Crippen molar-refractivity contribution in [2.75, 3.05) is 12.3 Å². The zero-order valence-electron chi connectivity index (χ0n) is 7.38. The lowest BCUT2D eigenvalue weighted by atomic mass is 10.3. The Morgan fingerprint density at radius 1 is 1.36 bits per heavy atom. The van der Waals surface area contributed by atoms with Gasteiger partial charge in [-0.05, 0) is 12.1 Å². The van der Waals surface area contributed by atoms with Gasteiger partial charge in [0.25, 0.3) is 5.69 Å². The topological polar surface area (TPSA) is 69.2 Å². The van der Waals surface area contributed by atoms with Crippen LogP contribution < -0.4 is 5.73 Å². The van der Waals surface area contributed by atoms with Crippen molar-refractivity contribution in [2.24, 2.45) is 5.73 Å². The molecule has 0 bridgehead atoms.